The second kappa shape index (κ2) is 13.2. The molecule has 0 radical (unpaired) electrons. The van der Waals surface area contributed by atoms with Crippen molar-refractivity contribution in [3.8, 4) is 17.1 Å². The molecule has 3 N–H and O–H groups in total. The van der Waals surface area contributed by atoms with E-state index in [2.05, 4.69) is 11.9 Å². The van der Waals surface area contributed by atoms with Crippen LogP contribution in [0.15, 0.2) is 34.1 Å². The van der Waals surface area contributed by atoms with Crippen LogP contribution in [0.3, 0.4) is 0 Å². The van der Waals surface area contributed by atoms with Gasteiger partial charge in [-0.3, -0.25) is 4.79 Å². The number of hydrogen-bond acceptors (Lipinski definition) is 6. The van der Waals surface area contributed by atoms with Gasteiger partial charge in [-0.15, -0.1) is 0 Å². The number of aromatic amines is 1. The Bertz CT molecular complexity index is 1340. The second-order valence-electron chi connectivity index (χ2n) is 10.4. The summed E-state index contributed by atoms with van der Waals surface area (Å²) in [6, 6.07) is 5.46. The van der Waals surface area contributed by atoms with Crippen LogP contribution in [0.1, 0.15) is 64.9 Å². The molecule has 3 heterocycles. The van der Waals surface area contributed by atoms with Gasteiger partial charge in [-0.25, -0.2) is 13.5 Å². The topological polar surface area (TPSA) is 121 Å². The molecule has 1 aliphatic rings. The molecule has 214 valence electrons. The van der Waals surface area contributed by atoms with Crippen LogP contribution in [-0.2, 0) is 24.0 Å². The van der Waals surface area contributed by atoms with Crippen molar-refractivity contribution < 1.29 is 19.2 Å². The third-order valence-electron chi connectivity index (χ3n) is 7.83. The fraction of sp³-hybridized carbons (Fsp3) is 0.586. The average molecular weight is 559 g/mol. The van der Waals surface area contributed by atoms with Gasteiger partial charge in [-0.1, -0.05) is 20.3 Å². The quantitative estimate of drug-likeness (QED) is 0.291. The Kier molecular flexibility index (Phi) is 9.98. The number of aromatic nitrogens is 3. The summed E-state index contributed by atoms with van der Waals surface area (Å²) in [5.74, 6) is 1.00. The van der Waals surface area contributed by atoms with E-state index >= 15 is 0 Å². The monoisotopic (exact) mass is 558 g/mol. The molecule has 0 saturated carbocycles. The first-order chi connectivity index (χ1) is 18.9. The zero-order valence-electron chi connectivity index (χ0n) is 23.4. The van der Waals surface area contributed by atoms with Crippen molar-refractivity contribution in [1.82, 2.24) is 18.8 Å². The number of ether oxygens (including phenoxy) is 1. The molecule has 1 saturated heterocycles. The lowest BCUT2D eigenvalue weighted by Crippen LogP contribution is -2.41. The number of nitrogens with one attached hydrogen (secondary N) is 1. The van der Waals surface area contributed by atoms with E-state index in [1.165, 1.54) is 0 Å². The van der Waals surface area contributed by atoms with E-state index in [0.29, 0.717) is 72.1 Å². The van der Waals surface area contributed by atoms with Crippen molar-refractivity contribution >= 4 is 22.0 Å². The SMILES string of the molecule is CCCOc1ccc(S(=O)N2CCC(CCO)(CCO)CC2)cc1-c1nc2c(CCC)cn(CC)c2c(=O)[nH]1. The Labute approximate surface area is 232 Å². The Morgan fingerprint density at radius 3 is 2.44 bits per heavy atom. The summed E-state index contributed by atoms with van der Waals surface area (Å²) in [4.78, 5) is 21.8. The number of benzene rings is 1. The fourth-order valence-corrected chi connectivity index (χ4v) is 6.83. The molecule has 1 aliphatic heterocycles. The van der Waals surface area contributed by atoms with E-state index < -0.39 is 11.0 Å². The molecule has 1 atom stereocenters. The number of piperidine rings is 1. The summed E-state index contributed by atoms with van der Waals surface area (Å²) < 4.78 is 23.6. The summed E-state index contributed by atoms with van der Waals surface area (Å²) in [6.07, 6.45) is 7.43. The van der Waals surface area contributed by atoms with Crippen LogP contribution in [0.4, 0.5) is 0 Å². The molecule has 10 heteroatoms. The van der Waals surface area contributed by atoms with Gasteiger partial charge < -0.3 is 24.5 Å². The number of rotatable bonds is 13. The van der Waals surface area contributed by atoms with Gasteiger partial charge >= 0.3 is 0 Å². The van der Waals surface area contributed by atoms with E-state index in [0.717, 1.165) is 37.7 Å². The molecule has 0 aliphatic carbocycles. The lowest BCUT2D eigenvalue weighted by Gasteiger charge is -2.40. The van der Waals surface area contributed by atoms with Gasteiger partial charge in [0.05, 0.1) is 22.6 Å². The Morgan fingerprint density at radius 1 is 1.10 bits per heavy atom. The minimum atomic E-state index is -1.42. The number of aliphatic hydroxyl groups excluding tert-OH is 2. The highest BCUT2D eigenvalue weighted by Crippen LogP contribution is 2.39. The molecular formula is C29H42N4O5S. The van der Waals surface area contributed by atoms with Crippen LogP contribution in [0, 0.1) is 5.41 Å². The van der Waals surface area contributed by atoms with E-state index in [1.807, 2.05) is 47.1 Å². The van der Waals surface area contributed by atoms with Gasteiger partial charge in [-0.05, 0) is 74.6 Å². The van der Waals surface area contributed by atoms with Gasteiger partial charge in [0.2, 0.25) is 0 Å². The number of aryl methyl sites for hydroxylation is 2. The molecule has 4 rings (SSSR count). The minimum absolute atomic E-state index is 0.0861. The summed E-state index contributed by atoms with van der Waals surface area (Å²) in [5.41, 5.74) is 2.62. The molecule has 1 aromatic carbocycles. The molecule has 0 amide bonds. The van der Waals surface area contributed by atoms with Crippen LogP contribution >= 0.6 is 0 Å². The number of fused-ring (bicyclic) bond motifs is 1. The minimum Gasteiger partial charge on any atom is -0.493 e. The Hall–Kier alpha value is -2.53. The van der Waals surface area contributed by atoms with Crippen molar-refractivity contribution in [3.63, 3.8) is 0 Å². The van der Waals surface area contributed by atoms with Crippen molar-refractivity contribution in [2.45, 2.75) is 77.2 Å². The third kappa shape index (κ3) is 6.29. The molecular weight excluding hydrogens is 516 g/mol. The lowest BCUT2D eigenvalue weighted by atomic mass is 9.74. The number of hydrogen-bond donors (Lipinski definition) is 3. The molecule has 0 bridgehead atoms. The van der Waals surface area contributed by atoms with Gasteiger partial charge in [0, 0.05) is 39.0 Å². The maximum Gasteiger partial charge on any atom is 0.275 e. The van der Waals surface area contributed by atoms with Gasteiger partial charge in [0.1, 0.15) is 28.1 Å². The van der Waals surface area contributed by atoms with E-state index in [-0.39, 0.29) is 24.2 Å². The summed E-state index contributed by atoms with van der Waals surface area (Å²) in [7, 11) is -1.42. The first kappa shape index (κ1) is 29.5. The highest BCUT2D eigenvalue weighted by atomic mass is 32.2. The smallest absolute Gasteiger partial charge is 0.275 e. The maximum atomic E-state index is 13.7. The lowest BCUT2D eigenvalue weighted by molar-refractivity contribution is 0.0796. The standard InChI is InChI=1S/C29H42N4O5S/c1-4-7-21-20-32(6-3)26-25(21)30-27(31-28(26)36)23-19-22(8-9-24(23)38-18-5-2)39(37)33-14-10-29(11-15-33,12-16-34)13-17-35/h8-9,19-20,34-35H,4-7,10-18H2,1-3H3,(H,30,31,36). The molecule has 0 spiro atoms. The largest absolute Gasteiger partial charge is 0.493 e. The van der Waals surface area contributed by atoms with Crippen molar-refractivity contribution in [1.29, 1.82) is 0 Å². The first-order valence-electron chi connectivity index (χ1n) is 14.2. The van der Waals surface area contributed by atoms with E-state index in [9.17, 15) is 19.2 Å². The number of H-pyrrole nitrogens is 1. The van der Waals surface area contributed by atoms with Gasteiger partial charge in [0.25, 0.3) is 5.56 Å². The second-order valence-corrected chi connectivity index (χ2v) is 11.9. The molecule has 39 heavy (non-hydrogen) atoms. The predicted octanol–water partition coefficient (Wildman–Crippen LogP) is 4.02. The Morgan fingerprint density at radius 2 is 1.82 bits per heavy atom. The van der Waals surface area contributed by atoms with Crippen molar-refractivity contribution in [2.75, 3.05) is 32.9 Å². The zero-order valence-corrected chi connectivity index (χ0v) is 24.2. The fourth-order valence-electron chi connectivity index (χ4n) is 5.62. The summed E-state index contributed by atoms with van der Waals surface area (Å²) in [5, 5.41) is 19.1. The van der Waals surface area contributed by atoms with E-state index in [1.54, 1.807) is 0 Å². The van der Waals surface area contributed by atoms with Gasteiger partial charge in [-0.2, -0.15) is 0 Å². The predicted molar refractivity (Wildman–Crippen MR) is 154 cm³/mol. The van der Waals surface area contributed by atoms with Crippen LogP contribution in [0.2, 0.25) is 0 Å². The van der Waals surface area contributed by atoms with E-state index in [4.69, 9.17) is 9.72 Å². The molecule has 3 aromatic rings. The molecule has 9 nitrogen and oxygen atoms in total. The Balaban J connectivity index is 1.71. The average Bonchev–Trinajstić information content (AvgIpc) is 3.30. The van der Waals surface area contributed by atoms with Gasteiger partial charge in [0.15, 0.2) is 0 Å². The van der Waals surface area contributed by atoms with Crippen LogP contribution in [0.5, 0.6) is 5.75 Å². The van der Waals surface area contributed by atoms with Crippen molar-refractivity contribution in [3.05, 3.63) is 40.3 Å². The first-order valence-corrected chi connectivity index (χ1v) is 15.3. The summed E-state index contributed by atoms with van der Waals surface area (Å²) >= 11 is 0. The van der Waals surface area contributed by atoms with Crippen LogP contribution in [0.25, 0.3) is 22.4 Å². The summed E-state index contributed by atoms with van der Waals surface area (Å²) in [6.45, 7) is 8.74. The highest BCUT2D eigenvalue weighted by Gasteiger charge is 2.35. The maximum absolute atomic E-state index is 13.7. The van der Waals surface area contributed by atoms with Crippen molar-refractivity contribution in [2.24, 2.45) is 5.41 Å². The molecule has 1 unspecified atom stereocenters. The third-order valence-corrected chi connectivity index (χ3v) is 9.32. The molecule has 2 aromatic heterocycles. The zero-order chi connectivity index (χ0) is 28.0. The number of nitrogens with zero attached hydrogens (tertiary/aromatic N) is 3. The van der Waals surface area contributed by atoms with Crippen LogP contribution in [-0.4, -0.2) is 66.2 Å². The molecule has 1 fully saturated rings. The van der Waals surface area contributed by atoms with Crippen LogP contribution < -0.4 is 10.3 Å². The number of aliphatic hydroxyl groups is 2. The highest BCUT2D eigenvalue weighted by molar-refractivity contribution is 7.82. The normalized spacial score (nSPS) is 16.5.